The van der Waals surface area contributed by atoms with Crippen molar-refractivity contribution in [2.45, 2.75) is 0 Å². The van der Waals surface area contributed by atoms with Gasteiger partial charge in [-0.2, -0.15) is 0 Å². The molecule has 0 aliphatic carbocycles. The number of furan rings is 1. The first-order valence-corrected chi connectivity index (χ1v) is 16.8. The minimum Gasteiger partial charge on any atom is -0.456 e. The molecule has 0 N–H and O–H groups in total. The van der Waals surface area contributed by atoms with Crippen LogP contribution in [0.4, 0.5) is 0 Å². The Balaban J connectivity index is 1.26. The average Bonchev–Trinajstić information content (AvgIpc) is 3.55. The fourth-order valence-electron chi connectivity index (χ4n) is 7.69. The second kappa shape index (κ2) is 11.1. The van der Waals surface area contributed by atoms with Crippen molar-refractivity contribution in [1.29, 1.82) is 0 Å². The van der Waals surface area contributed by atoms with Crippen LogP contribution in [0.3, 0.4) is 0 Å². The van der Waals surface area contributed by atoms with E-state index >= 15 is 0 Å². The minimum absolute atomic E-state index is 0.910. The van der Waals surface area contributed by atoms with Crippen LogP contribution in [0.1, 0.15) is 0 Å². The molecule has 10 aromatic rings. The van der Waals surface area contributed by atoms with Crippen LogP contribution in [0.2, 0.25) is 0 Å². The molecule has 0 aliphatic rings. The predicted molar refractivity (Wildman–Crippen MR) is 208 cm³/mol. The van der Waals surface area contributed by atoms with Crippen LogP contribution in [0.25, 0.3) is 98.8 Å². The summed E-state index contributed by atoms with van der Waals surface area (Å²) in [6.07, 6.45) is 0. The van der Waals surface area contributed by atoms with Crippen molar-refractivity contribution in [3.8, 4) is 44.5 Å². The van der Waals surface area contributed by atoms with Gasteiger partial charge in [0.05, 0.1) is 0 Å². The molecule has 1 heterocycles. The van der Waals surface area contributed by atoms with E-state index in [4.69, 9.17) is 4.42 Å². The first kappa shape index (κ1) is 27.7. The van der Waals surface area contributed by atoms with E-state index in [-0.39, 0.29) is 0 Å². The van der Waals surface area contributed by atoms with E-state index in [9.17, 15) is 0 Å². The summed E-state index contributed by atoms with van der Waals surface area (Å²) >= 11 is 0. The molecule has 0 saturated carbocycles. The smallest absolute Gasteiger partial charge is 0.135 e. The Hall–Kier alpha value is -6.44. The second-order valence-electron chi connectivity index (χ2n) is 12.9. The maximum absolute atomic E-state index is 6.23. The second-order valence-corrected chi connectivity index (χ2v) is 12.9. The van der Waals surface area contributed by atoms with Crippen LogP contribution >= 0.6 is 0 Å². The Bertz CT molecular complexity index is 2860. The Kier molecular flexibility index (Phi) is 6.25. The van der Waals surface area contributed by atoms with Gasteiger partial charge in [0.15, 0.2) is 0 Å². The van der Waals surface area contributed by atoms with E-state index < -0.39 is 0 Å². The highest BCUT2D eigenvalue weighted by Gasteiger charge is 2.19. The third kappa shape index (κ3) is 4.55. The Morgan fingerprint density at radius 3 is 1.57 bits per heavy atom. The van der Waals surface area contributed by atoms with Crippen LogP contribution in [-0.4, -0.2) is 0 Å². The van der Waals surface area contributed by atoms with Crippen LogP contribution in [0, 0.1) is 0 Å². The van der Waals surface area contributed by atoms with E-state index in [0.717, 1.165) is 21.9 Å². The largest absolute Gasteiger partial charge is 0.456 e. The normalized spacial score (nSPS) is 11.7. The van der Waals surface area contributed by atoms with Gasteiger partial charge in [-0.15, -0.1) is 0 Å². The predicted octanol–water partition coefficient (Wildman–Crippen LogP) is 13.7. The molecule has 0 aliphatic heterocycles. The lowest BCUT2D eigenvalue weighted by Gasteiger charge is -2.19. The standard InChI is InChI=1S/C48H30O/c1-2-10-31(11-3-1)33-18-21-34(22-19-33)47-40-15-6-7-16-41(40)48(38-25-27-46-43(30-38)39-14-8-9-17-45(39)49-46)42-26-24-37(29-44(42)47)36-23-20-32-12-4-5-13-35(32)28-36/h1-30H. The molecule has 228 valence electrons. The van der Waals surface area contributed by atoms with Gasteiger partial charge in [0.1, 0.15) is 11.2 Å². The number of benzene rings is 9. The van der Waals surface area contributed by atoms with Gasteiger partial charge in [0.2, 0.25) is 0 Å². The molecule has 49 heavy (non-hydrogen) atoms. The summed E-state index contributed by atoms with van der Waals surface area (Å²) < 4.78 is 6.23. The van der Waals surface area contributed by atoms with Crippen molar-refractivity contribution < 1.29 is 4.42 Å². The highest BCUT2D eigenvalue weighted by molar-refractivity contribution is 6.22. The third-order valence-corrected chi connectivity index (χ3v) is 10.1. The van der Waals surface area contributed by atoms with Gasteiger partial charge in [-0.1, -0.05) is 152 Å². The Labute approximate surface area is 284 Å². The third-order valence-electron chi connectivity index (χ3n) is 10.1. The Morgan fingerprint density at radius 1 is 0.245 bits per heavy atom. The number of hydrogen-bond donors (Lipinski definition) is 0. The maximum atomic E-state index is 6.23. The zero-order chi connectivity index (χ0) is 32.3. The summed E-state index contributed by atoms with van der Waals surface area (Å²) in [7, 11) is 0. The summed E-state index contributed by atoms with van der Waals surface area (Å²) in [5.41, 5.74) is 11.6. The first-order valence-electron chi connectivity index (χ1n) is 16.8. The zero-order valence-corrected chi connectivity index (χ0v) is 26.7. The van der Waals surface area contributed by atoms with Gasteiger partial charge in [0, 0.05) is 10.8 Å². The van der Waals surface area contributed by atoms with Gasteiger partial charge in [-0.05, 0) is 107 Å². The lowest BCUT2D eigenvalue weighted by Crippen LogP contribution is -1.92. The summed E-state index contributed by atoms with van der Waals surface area (Å²) in [5, 5.41) is 9.73. The van der Waals surface area contributed by atoms with Gasteiger partial charge in [0.25, 0.3) is 0 Å². The highest BCUT2D eigenvalue weighted by Crippen LogP contribution is 2.46. The van der Waals surface area contributed by atoms with E-state index in [2.05, 4.69) is 170 Å². The van der Waals surface area contributed by atoms with Gasteiger partial charge >= 0.3 is 0 Å². The Morgan fingerprint density at radius 2 is 0.755 bits per heavy atom. The molecular formula is C48H30O. The molecule has 0 spiro atoms. The number of rotatable bonds is 4. The number of hydrogen-bond acceptors (Lipinski definition) is 1. The van der Waals surface area contributed by atoms with Gasteiger partial charge in [-0.3, -0.25) is 0 Å². The van der Waals surface area contributed by atoms with E-state index in [1.54, 1.807) is 0 Å². The maximum Gasteiger partial charge on any atom is 0.135 e. The molecule has 0 unspecified atom stereocenters. The van der Waals surface area contributed by atoms with Gasteiger partial charge in [-0.25, -0.2) is 0 Å². The average molecular weight is 623 g/mol. The first-order chi connectivity index (χ1) is 24.3. The fraction of sp³-hybridized carbons (Fsp3) is 0. The van der Waals surface area contributed by atoms with Crippen LogP contribution in [-0.2, 0) is 0 Å². The van der Waals surface area contributed by atoms with Crippen LogP contribution in [0.5, 0.6) is 0 Å². The van der Waals surface area contributed by atoms with Crippen molar-refractivity contribution in [2.75, 3.05) is 0 Å². The van der Waals surface area contributed by atoms with Crippen molar-refractivity contribution in [1.82, 2.24) is 0 Å². The van der Waals surface area contributed by atoms with Crippen LogP contribution in [0.15, 0.2) is 186 Å². The molecule has 9 aromatic carbocycles. The lowest BCUT2D eigenvalue weighted by atomic mass is 9.84. The SMILES string of the molecule is c1ccc(-c2ccc(-c3c4ccccc4c(-c4ccc5oc6ccccc6c5c4)c4ccc(-c5ccc6ccccc6c5)cc34)cc2)cc1. The molecule has 1 nitrogen and oxygen atoms in total. The molecule has 0 amide bonds. The van der Waals surface area contributed by atoms with E-state index in [0.29, 0.717) is 0 Å². The molecule has 1 aromatic heterocycles. The summed E-state index contributed by atoms with van der Waals surface area (Å²) in [5.74, 6) is 0. The fourth-order valence-corrected chi connectivity index (χ4v) is 7.69. The monoisotopic (exact) mass is 622 g/mol. The molecule has 0 saturated heterocycles. The summed E-state index contributed by atoms with van der Waals surface area (Å²) in [6.45, 7) is 0. The molecule has 10 rings (SSSR count). The molecule has 0 radical (unpaired) electrons. The molecule has 0 fully saturated rings. The number of para-hydroxylation sites is 1. The minimum atomic E-state index is 0.910. The van der Waals surface area contributed by atoms with Crippen molar-refractivity contribution in [3.05, 3.63) is 182 Å². The summed E-state index contributed by atoms with van der Waals surface area (Å²) in [6, 6.07) is 66.0. The van der Waals surface area contributed by atoms with Crippen molar-refractivity contribution >= 4 is 54.3 Å². The topological polar surface area (TPSA) is 13.1 Å². The van der Waals surface area contributed by atoms with Crippen molar-refractivity contribution in [3.63, 3.8) is 0 Å². The zero-order valence-electron chi connectivity index (χ0n) is 26.7. The van der Waals surface area contributed by atoms with Gasteiger partial charge < -0.3 is 4.42 Å². The quantitative estimate of drug-likeness (QED) is 0.178. The molecule has 0 bridgehead atoms. The van der Waals surface area contributed by atoms with Crippen molar-refractivity contribution in [2.24, 2.45) is 0 Å². The molecule has 1 heteroatoms. The lowest BCUT2D eigenvalue weighted by molar-refractivity contribution is 0.669. The highest BCUT2D eigenvalue weighted by atomic mass is 16.3. The van der Waals surface area contributed by atoms with E-state index in [1.807, 2.05) is 12.1 Å². The summed E-state index contributed by atoms with van der Waals surface area (Å²) in [4.78, 5) is 0. The van der Waals surface area contributed by atoms with E-state index in [1.165, 1.54) is 76.8 Å². The number of fused-ring (bicyclic) bond motifs is 6. The van der Waals surface area contributed by atoms with Crippen LogP contribution < -0.4 is 0 Å². The molecule has 0 atom stereocenters. The molecular weight excluding hydrogens is 593 g/mol.